The van der Waals surface area contributed by atoms with Crippen molar-refractivity contribution in [3.8, 4) is 17.0 Å². The molecule has 9 nitrogen and oxygen atoms in total. The van der Waals surface area contributed by atoms with Crippen molar-refractivity contribution in [1.82, 2.24) is 14.4 Å². The summed E-state index contributed by atoms with van der Waals surface area (Å²) >= 11 is 0. The van der Waals surface area contributed by atoms with E-state index < -0.39 is 16.0 Å². The van der Waals surface area contributed by atoms with Crippen molar-refractivity contribution in [2.75, 3.05) is 13.7 Å². The van der Waals surface area contributed by atoms with Crippen molar-refractivity contribution in [3.05, 3.63) is 66.4 Å². The van der Waals surface area contributed by atoms with Gasteiger partial charge in [0.25, 0.3) is 16.0 Å². The van der Waals surface area contributed by atoms with E-state index in [9.17, 15) is 8.42 Å². The quantitative estimate of drug-likeness (QED) is 0.314. The molecule has 10 heteroatoms. The maximum Gasteiger partial charge on any atom is 0.290 e. The van der Waals surface area contributed by atoms with Crippen LogP contribution in [-0.2, 0) is 14.9 Å². The molecule has 1 aromatic heterocycles. The number of hydrogen-bond donors (Lipinski definition) is 1. The van der Waals surface area contributed by atoms with Crippen LogP contribution in [-0.4, -0.2) is 42.5 Å². The minimum Gasteiger partial charge on any atom is -0.481 e. The fourth-order valence-corrected chi connectivity index (χ4v) is 4.29. The zero-order valence-electron chi connectivity index (χ0n) is 18.1. The van der Waals surface area contributed by atoms with Crippen LogP contribution in [0.3, 0.4) is 0 Å². The molecule has 1 heterocycles. The minimum atomic E-state index is -4.23. The number of nitrogens with zero attached hydrogens (tertiary/aromatic N) is 4. The van der Waals surface area contributed by atoms with Gasteiger partial charge in [0, 0.05) is 17.3 Å². The van der Waals surface area contributed by atoms with Gasteiger partial charge in [-0.05, 0) is 25.0 Å². The van der Waals surface area contributed by atoms with Gasteiger partial charge in [0.05, 0.1) is 18.6 Å². The van der Waals surface area contributed by atoms with Gasteiger partial charge in [0.1, 0.15) is 0 Å². The van der Waals surface area contributed by atoms with Crippen molar-refractivity contribution in [2.45, 2.75) is 25.2 Å². The highest BCUT2D eigenvalue weighted by atomic mass is 32.2. The molecule has 0 saturated carbocycles. The van der Waals surface area contributed by atoms with Gasteiger partial charge in [-0.1, -0.05) is 55.5 Å². The molecule has 0 radical (unpaired) electrons. The summed E-state index contributed by atoms with van der Waals surface area (Å²) in [5.41, 5.74) is 7.93. The molecule has 168 valence electrons. The number of guanidine groups is 1. The lowest BCUT2D eigenvalue weighted by Gasteiger charge is -2.23. The van der Waals surface area contributed by atoms with Crippen molar-refractivity contribution >= 4 is 21.9 Å². The number of hydrogen-bond acceptors (Lipinski definition) is 7. The molecule has 2 aromatic carbocycles. The van der Waals surface area contributed by atoms with E-state index >= 15 is 0 Å². The fourth-order valence-electron chi connectivity index (χ4n) is 2.89. The number of ether oxygens (including phenoxy) is 1. The number of aryl methyl sites for hydroxylation is 1. The van der Waals surface area contributed by atoms with Gasteiger partial charge in [0.2, 0.25) is 11.8 Å². The third kappa shape index (κ3) is 5.21. The Balaban J connectivity index is 2.09. The summed E-state index contributed by atoms with van der Waals surface area (Å²) in [7, 11) is -2.77. The lowest BCUT2D eigenvalue weighted by atomic mass is 10.1. The zero-order valence-corrected chi connectivity index (χ0v) is 18.9. The Labute approximate surface area is 187 Å². The first-order chi connectivity index (χ1) is 15.4. The van der Waals surface area contributed by atoms with Gasteiger partial charge in [-0.25, -0.2) is 4.98 Å². The number of methoxy groups -OCH3 is 1. The number of nitrogens with two attached hydrogens (primary N) is 1. The lowest BCUT2D eigenvalue weighted by molar-refractivity contribution is -0.0290. The molecule has 0 unspecified atom stereocenters. The maximum atomic E-state index is 13.6. The standard InChI is InChI=1S/C22H25N5O4S/c1-4-14-31-27(21(23)26-22-24-16(2)15-20(25-22)30-3)32(28,29)19-13-9-8-12-18(19)17-10-6-5-7-11-17/h5-13,15H,4,14H2,1-3H3,(H2,23,24,25,26). The normalized spacial score (nSPS) is 11.9. The third-order valence-electron chi connectivity index (χ3n) is 4.31. The van der Waals surface area contributed by atoms with E-state index in [2.05, 4.69) is 15.0 Å². The summed E-state index contributed by atoms with van der Waals surface area (Å²) < 4.78 is 33.0. The fraction of sp³-hybridized carbons (Fsp3) is 0.227. The van der Waals surface area contributed by atoms with E-state index in [0.717, 1.165) is 5.56 Å². The second-order valence-electron chi connectivity index (χ2n) is 6.75. The summed E-state index contributed by atoms with van der Waals surface area (Å²) in [4.78, 5) is 17.9. The molecular weight excluding hydrogens is 430 g/mol. The van der Waals surface area contributed by atoms with Crippen LogP contribution in [0.25, 0.3) is 11.1 Å². The average molecular weight is 456 g/mol. The monoisotopic (exact) mass is 455 g/mol. The number of benzene rings is 2. The highest BCUT2D eigenvalue weighted by Crippen LogP contribution is 2.29. The molecule has 3 rings (SSSR count). The predicted octanol–water partition coefficient (Wildman–Crippen LogP) is 3.44. The summed E-state index contributed by atoms with van der Waals surface area (Å²) in [6.07, 6.45) is 0.564. The van der Waals surface area contributed by atoms with E-state index in [1.165, 1.54) is 13.2 Å². The van der Waals surface area contributed by atoms with E-state index in [1.54, 1.807) is 31.2 Å². The highest BCUT2D eigenvalue weighted by Gasteiger charge is 2.30. The molecule has 0 bridgehead atoms. The molecule has 0 amide bonds. The van der Waals surface area contributed by atoms with E-state index in [-0.39, 0.29) is 23.3 Å². The Hall–Kier alpha value is -3.50. The van der Waals surface area contributed by atoms with Crippen LogP contribution in [0.15, 0.2) is 70.6 Å². The molecule has 0 aliphatic heterocycles. The number of sulfonamides is 1. The van der Waals surface area contributed by atoms with Gasteiger partial charge >= 0.3 is 0 Å². The molecule has 2 N–H and O–H groups in total. The van der Waals surface area contributed by atoms with Gasteiger partial charge in [-0.15, -0.1) is 4.47 Å². The van der Waals surface area contributed by atoms with Crippen LogP contribution in [0, 0.1) is 6.92 Å². The molecule has 0 atom stereocenters. The number of rotatable bonds is 8. The maximum absolute atomic E-state index is 13.6. The average Bonchev–Trinajstić information content (AvgIpc) is 2.79. The molecule has 0 fully saturated rings. The Morgan fingerprint density at radius 1 is 1.09 bits per heavy atom. The van der Waals surface area contributed by atoms with Crippen LogP contribution in [0.1, 0.15) is 19.0 Å². The van der Waals surface area contributed by atoms with Gasteiger partial charge in [-0.3, -0.25) is 4.84 Å². The zero-order chi connectivity index (χ0) is 23.1. The number of aromatic nitrogens is 2. The number of hydroxylamine groups is 1. The summed E-state index contributed by atoms with van der Waals surface area (Å²) in [6, 6.07) is 17.4. The summed E-state index contributed by atoms with van der Waals surface area (Å²) in [6.45, 7) is 3.70. The molecule has 3 aromatic rings. The molecule has 0 spiro atoms. The second-order valence-corrected chi connectivity index (χ2v) is 8.47. The minimum absolute atomic E-state index is 0.0307. The largest absolute Gasteiger partial charge is 0.481 e. The van der Waals surface area contributed by atoms with Crippen molar-refractivity contribution < 1.29 is 18.0 Å². The molecular formula is C22H25N5O4S. The SMILES string of the molecule is CCCON(C(N)=Nc1nc(C)cc(OC)n1)S(=O)(=O)c1ccccc1-c1ccccc1. The van der Waals surface area contributed by atoms with E-state index in [4.69, 9.17) is 15.3 Å². The first kappa shape index (κ1) is 23.2. The summed E-state index contributed by atoms with van der Waals surface area (Å²) in [5.74, 6) is -0.188. The Morgan fingerprint density at radius 2 is 1.78 bits per heavy atom. The van der Waals surface area contributed by atoms with Crippen LogP contribution in [0.5, 0.6) is 5.88 Å². The van der Waals surface area contributed by atoms with Gasteiger partial charge in [-0.2, -0.15) is 18.4 Å². The van der Waals surface area contributed by atoms with Gasteiger partial charge < -0.3 is 10.5 Å². The Morgan fingerprint density at radius 3 is 2.47 bits per heavy atom. The van der Waals surface area contributed by atoms with Crippen LogP contribution >= 0.6 is 0 Å². The molecule has 32 heavy (non-hydrogen) atoms. The van der Waals surface area contributed by atoms with Crippen molar-refractivity contribution in [1.29, 1.82) is 0 Å². The predicted molar refractivity (Wildman–Crippen MR) is 122 cm³/mol. The van der Waals surface area contributed by atoms with Crippen LogP contribution < -0.4 is 10.5 Å². The Bertz CT molecular complexity index is 1200. The molecule has 0 aliphatic carbocycles. The lowest BCUT2D eigenvalue weighted by Crippen LogP contribution is -2.42. The second kappa shape index (κ2) is 10.2. The van der Waals surface area contributed by atoms with E-state index in [1.807, 2.05) is 37.3 Å². The molecule has 0 saturated heterocycles. The first-order valence-corrected chi connectivity index (χ1v) is 11.4. The first-order valence-electron chi connectivity index (χ1n) is 9.93. The topological polar surface area (TPSA) is 120 Å². The van der Waals surface area contributed by atoms with E-state index in [0.29, 0.717) is 22.1 Å². The smallest absolute Gasteiger partial charge is 0.290 e. The third-order valence-corrected chi connectivity index (χ3v) is 5.95. The van der Waals surface area contributed by atoms with Crippen molar-refractivity contribution in [3.63, 3.8) is 0 Å². The number of aliphatic imine (C=N–C) groups is 1. The van der Waals surface area contributed by atoms with Gasteiger partial charge in [0.15, 0.2) is 0 Å². The summed E-state index contributed by atoms with van der Waals surface area (Å²) in [5, 5.41) is 0. The molecule has 0 aliphatic rings. The van der Waals surface area contributed by atoms with Crippen LogP contribution in [0.2, 0.25) is 0 Å². The van der Waals surface area contributed by atoms with Crippen LogP contribution in [0.4, 0.5) is 5.95 Å². The highest BCUT2D eigenvalue weighted by molar-refractivity contribution is 7.89. The van der Waals surface area contributed by atoms with Crippen molar-refractivity contribution in [2.24, 2.45) is 10.7 Å². The Kier molecular flexibility index (Phi) is 7.39.